The number of nitrogens with one attached hydrogen (secondary N) is 1. The number of rotatable bonds is 3. The van der Waals surface area contributed by atoms with Gasteiger partial charge in [0.15, 0.2) is 0 Å². The van der Waals surface area contributed by atoms with E-state index in [1.54, 1.807) is 0 Å². The molecule has 0 atom stereocenters. The number of nitrogens with zero attached hydrogens (tertiary/aromatic N) is 3. The third kappa shape index (κ3) is 3.94. The molecule has 27 heavy (non-hydrogen) atoms. The zero-order valence-corrected chi connectivity index (χ0v) is 17.5. The van der Waals surface area contributed by atoms with Crippen LogP contribution in [0.4, 0.5) is 0 Å². The summed E-state index contributed by atoms with van der Waals surface area (Å²) in [6, 6.07) is 8.06. The molecular weight excluding hydrogens is 356 g/mol. The smallest absolute Gasteiger partial charge is 0.0983 e. The topological polar surface area (TPSA) is 33.1 Å². The van der Waals surface area contributed by atoms with E-state index in [1.807, 2.05) is 18.2 Å². The molecule has 3 heterocycles. The number of benzene rings is 1. The molecule has 1 spiro atoms. The van der Waals surface area contributed by atoms with Gasteiger partial charge in [0, 0.05) is 30.4 Å². The monoisotopic (exact) mass is 386 g/mol. The molecule has 0 radical (unpaired) electrons. The Morgan fingerprint density at radius 3 is 2.59 bits per heavy atom. The van der Waals surface area contributed by atoms with Crippen LogP contribution >= 0.6 is 11.6 Å². The Bertz CT molecular complexity index is 799. The van der Waals surface area contributed by atoms with Crippen molar-refractivity contribution in [3.8, 4) is 11.3 Å². The molecule has 5 heteroatoms. The highest BCUT2D eigenvalue weighted by Gasteiger charge is 2.39. The van der Waals surface area contributed by atoms with E-state index >= 15 is 0 Å². The van der Waals surface area contributed by atoms with E-state index < -0.39 is 0 Å². The lowest BCUT2D eigenvalue weighted by atomic mass is 9.78. The number of halogens is 1. The molecule has 1 aromatic carbocycles. The van der Waals surface area contributed by atoms with Crippen molar-refractivity contribution < 1.29 is 0 Å². The second-order valence-corrected chi connectivity index (χ2v) is 9.72. The lowest BCUT2D eigenvalue weighted by Gasteiger charge is -2.33. The number of hydrogen-bond acceptors (Lipinski definition) is 3. The second-order valence-electron chi connectivity index (χ2n) is 9.31. The minimum absolute atomic E-state index is 0.0461. The van der Waals surface area contributed by atoms with Crippen molar-refractivity contribution in [3.05, 3.63) is 41.0 Å². The first kappa shape index (κ1) is 19.0. The van der Waals surface area contributed by atoms with Crippen LogP contribution in [0.25, 0.3) is 11.3 Å². The molecule has 0 saturated carbocycles. The van der Waals surface area contributed by atoms with Gasteiger partial charge in [-0.25, -0.2) is 0 Å². The Morgan fingerprint density at radius 1 is 1.15 bits per heavy atom. The number of hydrogen-bond donors (Lipinski definition) is 1. The predicted molar refractivity (Wildman–Crippen MR) is 112 cm³/mol. The fraction of sp³-hybridized carbons (Fsp3) is 0.591. The van der Waals surface area contributed by atoms with Gasteiger partial charge in [-0.1, -0.05) is 29.8 Å². The molecule has 0 amide bonds. The fourth-order valence-corrected chi connectivity index (χ4v) is 4.74. The van der Waals surface area contributed by atoms with Gasteiger partial charge >= 0.3 is 0 Å². The zero-order chi connectivity index (χ0) is 19.1. The van der Waals surface area contributed by atoms with Crippen molar-refractivity contribution >= 4 is 11.6 Å². The SMILES string of the molecule is CC(C)(C)n1cc(CN2CCC3(CCNCC3)C2)c(-c2ccccc2Cl)n1. The summed E-state index contributed by atoms with van der Waals surface area (Å²) in [5.41, 5.74) is 3.82. The molecule has 4 nitrogen and oxygen atoms in total. The normalized spacial score (nSPS) is 20.4. The first-order chi connectivity index (χ1) is 12.9. The Labute approximate surface area is 167 Å². The molecule has 4 rings (SSSR count). The van der Waals surface area contributed by atoms with E-state index in [-0.39, 0.29) is 5.54 Å². The Hall–Kier alpha value is -1.36. The summed E-state index contributed by atoms with van der Waals surface area (Å²) in [4.78, 5) is 2.62. The molecule has 2 aliphatic rings. The van der Waals surface area contributed by atoms with Gasteiger partial charge in [0.1, 0.15) is 0 Å². The quantitative estimate of drug-likeness (QED) is 0.840. The van der Waals surface area contributed by atoms with E-state index in [9.17, 15) is 0 Å². The van der Waals surface area contributed by atoms with Crippen LogP contribution in [-0.2, 0) is 12.1 Å². The van der Waals surface area contributed by atoms with Crippen LogP contribution < -0.4 is 5.32 Å². The number of aromatic nitrogens is 2. The van der Waals surface area contributed by atoms with Crippen LogP contribution in [-0.4, -0.2) is 40.9 Å². The highest BCUT2D eigenvalue weighted by molar-refractivity contribution is 6.33. The standard InChI is InChI=1S/C22H31ClN4/c1-21(2,3)27-15-17(20(25-27)18-6-4-5-7-19(18)23)14-26-13-10-22(16-26)8-11-24-12-9-22/h4-7,15,24H,8-14,16H2,1-3H3. The van der Waals surface area contributed by atoms with Crippen molar-refractivity contribution in [2.45, 2.75) is 52.1 Å². The molecule has 1 aromatic heterocycles. The van der Waals surface area contributed by atoms with Crippen molar-refractivity contribution in [1.29, 1.82) is 0 Å². The summed E-state index contributed by atoms with van der Waals surface area (Å²) in [6.07, 6.45) is 6.17. The first-order valence-corrected chi connectivity index (χ1v) is 10.5. The van der Waals surface area contributed by atoms with Gasteiger partial charge in [-0.2, -0.15) is 5.10 Å². The van der Waals surface area contributed by atoms with Crippen LogP contribution in [0.2, 0.25) is 5.02 Å². The summed E-state index contributed by atoms with van der Waals surface area (Å²) in [7, 11) is 0. The lowest BCUT2D eigenvalue weighted by Crippen LogP contribution is -2.38. The van der Waals surface area contributed by atoms with Gasteiger partial charge in [-0.15, -0.1) is 0 Å². The van der Waals surface area contributed by atoms with E-state index in [2.05, 4.69) is 47.9 Å². The Kier molecular flexibility index (Phi) is 5.08. The molecule has 2 fully saturated rings. The summed E-state index contributed by atoms with van der Waals surface area (Å²) < 4.78 is 2.09. The lowest BCUT2D eigenvalue weighted by molar-refractivity contribution is 0.194. The minimum Gasteiger partial charge on any atom is -0.317 e. The van der Waals surface area contributed by atoms with Crippen molar-refractivity contribution in [2.24, 2.45) is 5.41 Å². The summed E-state index contributed by atoms with van der Waals surface area (Å²) in [5, 5.41) is 9.24. The average Bonchev–Trinajstić information content (AvgIpc) is 3.21. The maximum atomic E-state index is 6.52. The van der Waals surface area contributed by atoms with Crippen LogP contribution in [0.5, 0.6) is 0 Å². The highest BCUT2D eigenvalue weighted by atomic mass is 35.5. The minimum atomic E-state index is -0.0461. The van der Waals surface area contributed by atoms with E-state index in [0.717, 1.165) is 22.8 Å². The molecule has 2 saturated heterocycles. The molecule has 146 valence electrons. The number of likely N-dealkylation sites (tertiary alicyclic amines) is 1. The predicted octanol–water partition coefficient (Wildman–Crippen LogP) is 4.53. The molecule has 1 N–H and O–H groups in total. The zero-order valence-electron chi connectivity index (χ0n) is 16.8. The third-order valence-corrected chi connectivity index (χ3v) is 6.51. The fourth-order valence-electron chi connectivity index (χ4n) is 4.52. The Balaban J connectivity index is 1.62. The first-order valence-electron chi connectivity index (χ1n) is 10.1. The second kappa shape index (κ2) is 7.23. The maximum absolute atomic E-state index is 6.52. The van der Waals surface area contributed by atoms with Crippen LogP contribution in [0, 0.1) is 5.41 Å². The number of piperidine rings is 1. The summed E-state index contributed by atoms with van der Waals surface area (Å²) in [5.74, 6) is 0. The van der Waals surface area contributed by atoms with Gasteiger partial charge in [-0.05, 0) is 71.1 Å². The maximum Gasteiger partial charge on any atom is 0.0983 e. The largest absolute Gasteiger partial charge is 0.317 e. The van der Waals surface area contributed by atoms with Gasteiger partial charge in [0.2, 0.25) is 0 Å². The molecule has 2 aromatic rings. The van der Waals surface area contributed by atoms with E-state index in [1.165, 1.54) is 51.0 Å². The van der Waals surface area contributed by atoms with Gasteiger partial charge in [0.05, 0.1) is 16.3 Å². The molecular formula is C22H31ClN4. The van der Waals surface area contributed by atoms with Gasteiger partial charge in [-0.3, -0.25) is 9.58 Å². The van der Waals surface area contributed by atoms with E-state index in [0.29, 0.717) is 5.41 Å². The van der Waals surface area contributed by atoms with Crippen LogP contribution in [0.3, 0.4) is 0 Å². The summed E-state index contributed by atoms with van der Waals surface area (Å²) >= 11 is 6.52. The van der Waals surface area contributed by atoms with Crippen molar-refractivity contribution in [3.63, 3.8) is 0 Å². The third-order valence-electron chi connectivity index (χ3n) is 6.18. The van der Waals surface area contributed by atoms with Crippen molar-refractivity contribution in [2.75, 3.05) is 26.2 Å². The molecule has 0 bridgehead atoms. The van der Waals surface area contributed by atoms with Crippen LogP contribution in [0.15, 0.2) is 30.5 Å². The molecule has 2 aliphatic heterocycles. The van der Waals surface area contributed by atoms with Gasteiger partial charge in [0.25, 0.3) is 0 Å². The molecule has 0 unspecified atom stereocenters. The summed E-state index contributed by atoms with van der Waals surface area (Å²) in [6.45, 7) is 12.3. The van der Waals surface area contributed by atoms with E-state index in [4.69, 9.17) is 16.7 Å². The van der Waals surface area contributed by atoms with Crippen LogP contribution in [0.1, 0.15) is 45.6 Å². The van der Waals surface area contributed by atoms with Crippen molar-refractivity contribution in [1.82, 2.24) is 20.0 Å². The Morgan fingerprint density at radius 2 is 1.89 bits per heavy atom. The molecule has 0 aliphatic carbocycles. The highest BCUT2D eigenvalue weighted by Crippen LogP contribution is 2.40. The average molecular weight is 387 g/mol. The van der Waals surface area contributed by atoms with Gasteiger partial charge < -0.3 is 5.32 Å².